The van der Waals surface area contributed by atoms with Gasteiger partial charge >= 0.3 is 17.1 Å². The monoisotopic (exact) mass is 578 g/mol. The van der Waals surface area contributed by atoms with Crippen molar-refractivity contribution in [2.75, 3.05) is 0 Å². The number of imidazole rings is 1. The maximum Gasteiger partial charge on any atom is 2.00 e. The van der Waals surface area contributed by atoms with Gasteiger partial charge in [0.2, 0.25) is 0 Å². The molecule has 2 nitrogen and oxygen atoms in total. The number of hydrogen-bond donors (Lipinski definition) is 0. The Bertz CT molecular complexity index is 979. The number of rotatable bonds is 4. The van der Waals surface area contributed by atoms with Crippen LogP contribution in [-0.2, 0) is 30.7 Å². The molecule has 2 fully saturated rings. The van der Waals surface area contributed by atoms with E-state index in [-0.39, 0.29) is 46.9 Å². The van der Waals surface area contributed by atoms with Crippen LogP contribution in [0, 0.1) is 69.5 Å². The van der Waals surface area contributed by atoms with E-state index in [9.17, 15) is 4.39 Å². The van der Waals surface area contributed by atoms with Gasteiger partial charge in [-0.1, -0.05) is 24.3 Å². The zero-order valence-corrected chi connectivity index (χ0v) is 20.9. The molecule has 0 spiro atoms. The number of aromatic nitrogens is 2. The summed E-state index contributed by atoms with van der Waals surface area (Å²) in [6, 6.07) is 14.9. The van der Waals surface area contributed by atoms with Crippen LogP contribution in [0.1, 0.15) is 11.4 Å². The molecule has 5 heteroatoms. The molecule has 2 saturated carbocycles. The molecule has 0 unspecified atom stereocenters. The third kappa shape index (κ3) is 6.91. The minimum absolute atomic E-state index is 0. The van der Waals surface area contributed by atoms with E-state index in [0.29, 0.717) is 0 Å². The molecule has 0 bridgehead atoms. The van der Waals surface area contributed by atoms with Crippen molar-refractivity contribution in [1.82, 2.24) is 4.57 Å². The van der Waals surface area contributed by atoms with Gasteiger partial charge in [0, 0.05) is 12.0 Å². The summed E-state index contributed by atoms with van der Waals surface area (Å²) < 4.78 is 17.6. The quantitative estimate of drug-likeness (QED) is 0.255. The van der Waals surface area contributed by atoms with E-state index in [1.807, 2.05) is 38.2 Å². The molecule has 2 aromatic carbocycles. The van der Waals surface area contributed by atoms with E-state index in [2.05, 4.69) is 72.2 Å². The predicted molar refractivity (Wildman–Crippen MR) is 120 cm³/mol. The Morgan fingerprint density at radius 2 is 1.41 bits per heavy atom. The smallest absolute Gasteiger partial charge is 1.00 e. The molecular formula is C27H24FFeIN2+2. The topological polar surface area (TPSA) is 8.81 Å². The average molecular weight is 578 g/mol. The van der Waals surface area contributed by atoms with Gasteiger partial charge < -0.3 is 24.0 Å². The van der Waals surface area contributed by atoms with E-state index >= 15 is 0 Å². The first-order valence-electron chi connectivity index (χ1n) is 10.0. The largest absolute Gasteiger partial charge is 2.00 e. The van der Waals surface area contributed by atoms with Crippen LogP contribution in [0.3, 0.4) is 0 Å². The van der Waals surface area contributed by atoms with Crippen LogP contribution in [0.5, 0.6) is 0 Å². The molecule has 162 valence electrons. The SMILES string of the molecule is C[n+]1c(/C=C/c2ccc(F)cc2)n(C[C]2[CH][CH][CH][CH]2)c2ccccc21.[CH]1[CH][CH][CH][CH]1.[Fe+2].[I-]. The number of para-hydroxylation sites is 2. The number of hydrogen-bond acceptors (Lipinski definition) is 0. The molecule has 1 aromatic heterocycles. The number of halogens is 2. The molecule has 0 amide bonds. The van der Waals surface area contributed by atoms with E-state index < -0.39 is 0 Å². The Morgan fingerprint density at radius 3 is 2.03 bits per heavy atom. The second-order valence-electron chi connectivity index (χ2n) is 7.13. The first kappa shape index (κ1) is 27.1. The molecule has 3 aromatic rings. The summed E-state index contributed by atoms with van der Waals surface area (Å²) in [7, 11) is 2.08. The third-order valence-corrected chi connectivity index (χ3v) is 5.08. The first-order valence-corrected chi connectivity index (χ1v) is 10.0. The van der Waals surface area contributed by atoms with E-state index in [1.54, 1.807) is 12.1 Å². The molecule has 10 radical (unpaired) electrons. The minimum Gasteiger partial charge on any atom is -1.00 e. The summed E-state index contributed by atoms with van der Waals surface area (Å²) in [6.07, 6.45) is 22.5. The maximum atomic E-state index is 13.1. The fourth-order valence-electron chi connectivity index (χ4n) is 3.54. The molecule has 0 atom stereocenters. The minimum atomic E-state index is -0.215. The Balaban J connectivity index is 0.000000460. The fraction of sp³-hybridized carbons (Fsp3) is 0.0741. The summed E-state index contributed by atoms with van der Waals surface area (Å²) in [5.41, 5.74) is 3.37. The summed E-state index contributed by atoms with van der Waals surface area (Å²) >= 11 is 0. The van der Waals surface area contributed by atoms with E-state index in [1.165, 1.54) is 29.1 Å². The summed E-state index contributed by atoms with van der Waals surface area (Å²) in [5, 5.41) is 0. The molecule has 2 aliphatic carbocycles. The molecule has 0 saturated heterocycles. The molecule has 32 heavy (non-hydrogen) atoms. The van der Waals surface area contributed by atoms with Gasteiger partial charge in [-0.15, -0.1) is 0 Å². The van der Waals surface area contributed by atoms with Crippen molar-refractivity contribution in [1.29, 1.82) is 0 Å². The van der Waals surface area contributed by atoms with Crippen molar-refractivity contribution in [3.8, 4) is 0 Å². The summed E-state index contributed by atoms with van der Waals surface area (Å²) in [6.45, 7) is 0.817. The van der Waals surface area contributed by atoms with Gasteiger partial charge in [-0.2, -0.15) is 0 Å². The van der Waals surface area contributed by atoms with Gasteiger partial charge in [0.15, 0.2) is 11.0 Å². The fourth-order valence-corrected chi connectivity index (χ4v) is 3.54. The third-order valence-electron chi connectivity index (χ3n) is 5.08. The zero-order chi connectivity index (χ0) is 20.8. The Kier molecular flexibility index (Phi) is 11.4. The Hall–Kier alpha value is -1.17. The second kappa shape index (κ2) is 13.5. The molecule has 1 heterocycles. The normalized spacial score (nSPS) is 15.9. The molecular weight excluding hydrogens is 554 g/mol. The summed E-state index contributed by atoms with van der Waals surface area (Å²) in [4.78, 5) is 0. The van der Waals surface area contributed by atoms with Crippen molar-refractivity contribution >= 4 is 23.2 Å². The number of fused-ring (bicyclic) bond motifs is 1. The van der Waals surface area contributed by atoms with Gasteiger partial charge in [0.1, 0.15) is 5.82 Å². The van der Waals surface area contributed by atoms with Crippen molar-refractivity contribution in [2.45, 2.75) is 6.54 Å². The predicted octanol–water partition coefficient (Wildman–Crippen LogP) is 2.20. The number of benzene rings is 2. The second-order valence-corrected chi connectivity index (χ2v) is 7.13. The van der Waals surface area contributed by atoms with Crippen molar-refractivity contribution in [3.05, 3.63) is 129 Å². The molecule has 5 rings (SSSR count). The zero-order valence-electron chi connectivity index (χ0n) is 17.7. The Morgan fingerprint density at radius 1 is 0.812 bits per heavy atom. The van der Waals surface area contributed by atoms with Gasteiger partial charge in [0.25, 0.3) is 5.82 Å². The molecule has 2 aliphatic rings. The van der Waals surface area contributed by atoms with Gasteiger partial charge in [-0.25, -0.2) is 13.5 Å². The van der Waals surface area contributed by atoms with E-state index in [0.717, 1.165) is 17.9 Å². The number of aryl methyl sites for hydroxylation is 1. The Labute approximate surface area is 219 Å². The molecule has 0 aliphatic heterocycles. The summed E-state index contributed by atoms with van der Waals surface area (Å²) in [5.74, 6) is 2.16. The van der Waals surface area contributed by atoms with Crippen LogP contribution in [-0.4, -0.2) is 4.57 Å². The van der Waals surface area contributed by atoms with Gasteiger partial charge in [-0.3, -0.25) is 0 Å². The van der Waals surface area contributed by atoms with Gasteiger partial charge in [-0.05, 0) is 93.7 Å². The van der Waals surface area contributed by atoms with Crippen LogP contribution in [0.2, 0.25) is 0 Å². The standard InChI is InChI=1S/C22H19FN2.C5H5.Fe.HI/c1-24-20-8-4-5-9-21(20)25(16-18-6-2-3-7-18)22(24)15-12-17-10-13-19(23)14-11-17;1-2-4-5-3-1;;/h2-15H,16H2,1H3;1-5H;;1H/q+1;;+2;/p-1/b15-12+;;;. The first-order chi connectivity index (χ1) is 14.7. The van der Waals surface area contributed by atoms with Crippen LogP contribution in [0.15, 0.2) is 48.5 Å². The van der Waals surface area contributed by atoms with Crippen molar-refractivity contribution < 1.29 is 50.0 Å². The molecule has 0 N–H and O–H groups in total. The number of nitrogens with zero attached hydrogens (tertiary/aromatic N) is 2. The van der Waals surface area contributed by atoms with Crippen molar-refractivity contribution in [2.24, 2.45) is 7.05 Å². The van der Waals surface area contributed by atoms with E-state index in [4.69, 9.17) is 0 Å². The average Bonchev–Trinajstić information content (AvgIpc) is 3.54. The van der Waals surface area contributed by atoms with Crippen LogP contribution >= 0.6 is 0 Å². The van der Waals surface area contributed by atoms with Crippen LogP contribution in [0.25, 0.3) is 23.2 Å². The van der Waals surface area contributed by atoms with Crippen LogP contribution in [0.4, 0.5) is 4.39 Å². The maximum absolute atomic E-state index is 13.1. The van der Waals surface area contributed by atoms with Crippen molar-refractivity contribution in [3.63, 3.8) is 0 Å². The van der Waals surface area contributed by atoms with Crippen LogP contribution < -0.4 is 28.5 Å². The van der Waals surface area contributed by atoms with Gasteiger partial charge in [0.05, 0.1) is 13.6 Å².